The minimum Gasteiger partial charge on any atom is -0.444 e. The van der Waals surface area contributed by atoms with Gasteiger partial charge in [-0.2, -0.15) is 0 Å². The summed E-state index contributed by atoms with van der Waals surface area (Å²) in [6.07, 6.45) is 0. The van der Waals surface area contributed by atoms with E-state index < -0.39 is 10.0 Å². The maximum absolute atomic E-state index is 12.1. The second-order valence-corrected chi connectivity index (χ2v) is 6.76. The van der Waals surface area contributed by atoms with E-state index >= 15 is 0 Å². The Bertz CT molecular complexity index is 892. The van der Waals surface area contributed by atoms with Crippen molar-refractivity contribution in [2.45, 2.75) is 26.1 Å². The van der Waals surface area contributed by atoms with Crippen LogP contribution in [-0.4, -0.2) is 18.6 Å². The van der Waals surface area contributed by atoms with Crippen LogP contribution in [0.5, 0.6) is 0 Å². The van der Waals surface area contributed by atoms with Crippen LogP contribution in [0.25, 0.3) is 11.0 Å². The minimum absolute atomic E-state index is 0.00674. The number of para-hydroxylation sites is 1. The molecule has 0 spiro atoms. The predicted molar refractivity (Wildman–Crippen MR) is 79.4 cm³/mol. The summed E-state index contributed by atoms with van der Waals surface area (Å²) in [5.74, 6) is 0.753. The molecule has 0 atom stereocenters. The average Bonchev–Trinajstić information content (AvgIpc) is 3.01. The molecule has 3 aromatic rings. The van der Waals surface area contributed by atoms with E-state index in [0.717, 1.165) is 5.69 Å². The number of nitrogens with one attached hydrogen (secondary N) is 1. The summed E-state index contributed by atoms with van der Waals surface area (Å²) in [7, 11) is -3.57. The van der Waals surface area contributed by atoms with Gasteiger partial charge in [0.05, 0.1) is 12.2 Å². The molecule has 1 N–H and O–H groups in total. The third kappa shape index (κ3) is 3.02. The van der Waals surface area contributed by atoms with Crippen LogP contribution in [0.2, 0.25) is 0 Å². The van der Waals surface area contributed by atoms with Crippen molar-refractivity contribution >= 4 is 21.0 Å². The van der Waals surface area contributed by atoms with Crippen LogP contribution in [0.4, 0.5) is 0 Å². The Morgan fingerprint density at radius 1 is 1.23 bits per heavy atom. The van der Waals surface area contributed by atoms with E-state index in [9.17, 15) is 8.42 Å². The lowest BCUT2D eigenvalue weighted by molar-refractivity contribution is 0.447. The molecule has 0 bridgehead atoms. The fourth-order valence-electron chi connectivity index (χ4n) is 2.06. The number of fused-ring (bicyclic) bond motifs is 1. The molecule has 116 valence electrons. The van der Waals surface area contributed by atoms with E-state index in [2.05, 4.69) is 14.9 Å². The van der Waals surface area contributed by atoms with Gasteiger partial charge in [0.2, 0.25) is 15.9 Å². The number of nitrogens with zero attached hydrogens (tertiary/aromatic N) is 2. The molecular formula is C14H15N3O4S. The summed E-state index contributed by atoms with van der Waals surface area (Å²) in [5.41, 5.74) is 1.69. The minimum atomic E-state index is -3.57. The predicted octanol–water partition coefficient (Wildman–Crippen LogP) is 2.05. The fourth-order valence-corrected chi connectivity index (χ4v) is 3.07. The zero-order chi connectivity index (χ0) is 15.7. The van der Waals surface area contributed by atoms with E-state index in [4.69, 9.17) is 8.94 Å². The molecule has 2 aromatic heterocycles. The lowest BCUT2D eigenvalue weighted by atomic mass is 10.2. The normalized spacial score (nSPS) is 12.1. The van der Waals surface area contributed by atoms with E-state index in [-0.39, 0.29) is 12.3 Å². The first-order valence-corrected chi connectivity index (χ1v) is 8.33. The number of hydrogen-bond donors (Lipinski definition) is 1. The molecule has 0 aliphatic rings. The Balaban J connectivity index is 1.73. The maximum Gasteiger partial charge on any atom is 0.217 e. The first-order valence-electron chi connectivity index (χ1n) is 6.68. The van der Waals surface area contributed by atoms with Crippen LogP contribution < -0.4 is 4.72 Å². The van der Waals surface area contributed by atoms with Gasteiger partial charge in [0, 0.05) is 5.39 Å². The lowest BCUT2D eigenvalue weighted by Crippen LogP contribution is -2.25. The van der Waals surface area contributed by atoms with Crippen molar-refractivity contribution in [3.63, 3.8) is 0 Å². The number of aryl methyl sites for hydroxylation is 2. The van der Waals surface area contributed by atoms with Gasteiger partial charge in [-0.05, 0) is 26.0 Å². The van der Waals surface area contributed by atoms with Crippen LogP contribution in [0, 0.1) is 13.8 Å². The van der Waals surface area contributed by atoms with Crippen molar-refractivity contribution in [1.29, 1.82) is 0 Å². The molecule has 0 fully saturated rings. The van der Waals surface area contributed by atoms with E-state index in [0.29, 0.717) is 28.3 Å². The third-order valence-electron chi connectivity index (χ3n) is 3.30. The van der Waals surface area contributed by atoms with E-state index in [1.54, 1.807) is 38.1 Å². The maximum atomic E-state index is 12.1. The second-order valence-electron chi connectivity index (χ2n) is 4.95. The largest absolute Gasteiger partial charge is 0.444 e. The van der Waals surface area contributed by atoms with Gasteiger partial charge in [0.15, 0.2) is 5.58 Å². The molecule has 0 radical (unpaired) electrons. The highest BCUT2D eigenvalue weighted by molar-refractivity contribution is 7.88. The summed E-state index contributed by atoms with van der Waals surface area (Å²) in [6.45, 7) is 3.59. The Kier molecular flexibility index (Phi) is 3.71. The molecule has 0 aliphatic heterocycles. The fraction of sp³-hybridized carbons (Fsp3) is 0.286. The third-order valence-corrected chi connectivity index (χ3v) is 4.53. The zero-order valence-corrected chi connectivity index (χ0v) is 13.0. The Morgan fingerprint density at radius 2 is 2.00 bits per heavy atom. The number of benzene rings is 1. The molecule has 0 saturated heterocycles. The average molecular weight is 321 g/mol. The van der Waals surface area contributed by atoms with Crippen LogP contribution in [0.1, 0.15) is 23.0 Å². The number of hydrogen-bond acceptors (Lipinski definition) is 6. The van der Waals surface area contributed by atoms with Crippen LogP contribution in [0.3, 0.4) is 0 Å². The van der Waals surface area contributed by atoms with Gasteiger partial charge < -0.3 is 8.94 Å². The molecule has 1 aromatic carbocycles. The summed E-state index contributed by atoms with van der Waals surface area (Å²) >= 11 is 0. The van der Waals surface area contributed by atoms with E-state index in [1.165, 1.54) is 0 Å². The highest BCUT2D eigenvalue weighted by Crippen LogP contribution is 2.19. The van der Waals surface area contributed by atoms with Crippen molar-refractivity contribution in [3.05, 3.63) is 47.3 Å². The first-order chi connectivity index (χ1) is 10.4. The molecule has 8 heteroatoms. The van der Waals surface area contributed by atoms with Crippen molar-refractivity contribution in [2.24, 2.45) is 0 Å². The molecular weight excluding hydrogens is 306 g/mol. The SMILES string of the molecule is Cc1nc(CNS(=O)(=O)Cc2noc3ccccc23)oc1C. The van der Waals surface area contributed by atoms with Gasteiger partial charge in [0.1, 0.15) is 17.2 Å². The molecule has 0 amide bonds. The van der Waals surface area contributed by atoms with Gasteiger partial charge in [0.25, 0.3) is 0 Å². The van der Waals surface area contributed by atoms with Crippen LogP contribution >= 0.6 is 0 Å². The van der Waals surface area contributed by atoms with Crippen LogP contribution in [-0.2, 0) is 22.3 Å². The monoisotopic (exact) mass is 321 g/mol. The molecule has 0 aliphatic carbocycles. The van der Waals surface area contributed by atoms with Gasteiger partial charge >= 0.3 is 0 Å². The van der Waals surface area contributed by atoms with Gasteiger partial charge in [-0.3, -0.25) is 0 Å². The van der Waals surface area contributed by atoms with Crippen molar-refractivity contribution in [3.8, 4) is 0 Å². The van der Waals surface area contributed by atoms with Crippen molar-refractivity contribution < 1.29 is 17.4 Å². The Labute approximate surface area is 127 Å². The summed E-state index contributed by atoms with van der Waals surface area (Å²) in [5, 5.41) is 4.51. The summed E-state index contributed by atoms with van der Waals surface area (Å²) < 4.78 is 37.2. The number of rotatable bonds is 5. The lowest BCUT2D eigenvalue weighted by Gasteiger charge is -2.02. The molecule has 0 unspecified atom stereocenters. The highest BCUT2D eigenvalue weighted by atomic mass is 32.2. The Hall–Kier alpha value is -2.19. The molecule has 0 saturated carbocycles. The summed E-state index contributed by atoms with van der Waals surface area (Å²) in [4.78, 5) is 4.13. The van der Waals surface area contributed by atoms with Crippen LogP contribution in [0.15, 0.2) is 33.2 Å². The smallest absolute Gasteiger partial charge is 0.217 e. The number of aromatic nitrogens is 2. The van der Waals surface area contributed by atoms with E-state index in [1.807, 2.05) is 0 Å². The molecule has 22 heavy (non-hydrogen) atoms. The van der Waals surface area contributed by atoms with Crippen molar-refractivity contribution in [2.75, 3.05) is 0 Å². The first kappa shape index (κ1) is 14.7. The Morgan fingerprint density at radius 3 is 2.73 bits per heavy atom. The second kappa shape index (κ2) is 5.54. The molecule has 7 nitrogen and oxygen atoms in total. The van der Waals surface area contributed by atoms with Gasteiger partial charge in [-0.1, -0.05) is 17.3 Å². The quantitative estimate of drug-likeness (QED) is 0.772. The summed E-state index contributed by atoms with van der Waals surface area (Å²) in [6, 6.07) is 7.13. The molecule has 2 heterocycles. The van der Waals surface area contributed by atoms with Crippen molar-refractivity contribution in [1.82, 2.24) is 14.9 Å². The zero-order valence-electron chi connectivity index (χ0n) is 12.2. The number of oxazole rings is 1. The standard InChI is InChI=1S/C14H15N3O4S/c1-9-10(2)20-14(16-9)7-15-22(18,19)8-12-11-5-3-4-6-13(11)21-17-12/h3-6,15H,7-8H2,1-2H3. The van der Waals surface area contributed by atoms with Gasteiger partial charge in [-0.25, -0.2) is 18.1 Å². The molecule has 3 rings (SSSR count). The van der Waals surface area contributed by atoms with Gasteiger partial charge in [-0.15, -0.1) is 0 Å². The highest BCUT2D eigenvalue weighted by Gasteiger charge is 2.18. The number of sulfonamides is 1. The topological polar surface area (TPSA) is 98.2 Å².